The summed E-state index contributed by atoms with van der Waals surface area (Å²) in [7, 11) is 0. The highest BCUT2D eigenvalue weighted by Crippen LogP contribution is 2.29. The molecule has 0 aliphatic heterocycles. The van der Waals surface area contributed by atoms with Crippen LogP contribution in [0.4, 0.5) is 13.2 Å². The lowest BCUT2D eigenvalue weighted by Crippen LogP contribution is -2.37. The zero-order valence-electron chi connectivity index (χ0n) is 17.3. The van der Waals surface area contributed by atoms with Crippen LogP contribution in [0, 0.1) is 6.92 Å². The second kappa shape index (κ2) is 8.78. The number of nitrogens with zero attached hydrogens (tertiary/aromatic N) is 2. The van der Waals surface area contributed by atoms with Gasteiger partial charge in [-0.15, -0.1) is 0 Å². The summed E-state index contributed by atoms with van der Waals surface area (Å²) >= 11 is 0. The van der Waals surface area contributed by atoms with Crippen molar-refractivity contribution in [1.82, 2.24) is 9.47 Å². The van der Waals surface area contributed by atoms with Crippen LogP contribution in [0.2, 0.25) is 0 Å². The molecule has 0 aliphatic rings. The summed E-state index contributed by atoms with van der Waals surface area (Å²) in [6, 6.07) is 16.4. The van der Waals surface area contributed by atoms with Crippen LogP contribution in [-0.2, 0) is 19.3 Å². The lowest BCUT2D eigenvalue weighted by molar-refractivity contribution is -0.137. The predicted octanol–water partition coefficient (Wildman–Crippen LogP) is 5.91. The number of alkyl halides is 3. The molecule has 0 saturated heterocycles. The van der Waals surface area contributed by atoms with E-state index in [1.807, 2.05) is 51.2 Å². The molecule has 1 heterocycles. The zero-order chi connectivity index (χ0) is 21.9. The third-order valence-corrected chi connectivity index (χ3v) is 5.03. The molecule has 1 aromatic heterocycles. The van der Waals surface area contributed by atoms with Crippen LogP contribution in [0.3, 0.4) is 0 Å². The van der Waals surface area contributed by atoms with Crippen molar-refractivity contribution < 1.29 is 18.0 Å². The second-order valence-corrected chi connectivity index (χ2v) is 7.72. The highest BCUT2D eigenvalue weighted by Gasteiger charge is 2.30. The number of amides is 1. The Labute approximate surface area is 174 Å². The molecular weight excluding hydrogens is 389 g/mol. The average molecular weight is 414 g/mol. The number of rotatable bonds is 6. The van der Waals surface area contributed by atoms with Crippen LogP contribution in [0.15, 0.2) is 66.9 Å². The van der Waals surface area contributed by atoms with E-state index in [1.165, 1.54) is 17.7 Å². The van der Waals surface area contributed by atoms with E-state index in [0.29, 0.717) is 13.1 Å². The minimum absolute atomic E-state index is 0.109. The fourth-order valence-electron chi connectivity index (χ4n) is 3.39. The Kier molecular flexibility index (Phi) is 6.34. The monoisotopic (exact) mass is 414 g/mol. The van der Waals surface area contributed by atoms with E-state index in [4.69, 9.17) is 0 Å². The Balaban J connectivity index is 1.80. The number of aryl methyl sites for hydroxylation is 1. The molecule has 0 fully saturated rings. The van der Waals surface area contributed by atoms with Crippen LogP contribution >= 0.6 is 0 Å². The van der Waals surface area contributed by atoms with Crippen LogP contribution in [0.1, 0.15) is 46.6 Å². The van der Waals surface area contributed by atoms with E-state index in [-0.39, 0.29) is 17.5 Å². The summed E-state index contributed by atoms with van der Waals surface area (Å²) in [5.74, 6) is -0.290. The molecule has 3 aromatic rings. The van der Waals surface area contributed by atoms with Gasteiger partial charge in [0, 0.05) is 30.0 Å². The van der Waals surface area contributed by atoms with Crippen LogP contribution in [-0.4, -0.2) is 21.4 Å². The summed E-state index contributed by atoms with van der Waals surface area (Å²) < 4.78 is 40.5. The third kappa shape index (κ3) is 5.12. The number of hydrogen-bond donors (Lipinski definition) is 0. The summed E-state index contributed by atoms with van der Waals surface area (Å²) in [5, 5.41) is 0. The quantitative estimate of drug-likeness (QED) is 0.492. The molecule has 0 saturated carbocycles. The van der Waals surface area contributed by atoms with Crippen LogP contribution in [0.5, 0.6) is 0 Å². The zero-order valence-corrected chi connectivity index (χ0v) is 17.3. The second-order valence-electron chi connectivity index (χ2n) is 7.72. The first kappa shape index (κ1) is 21.7. The van der Waals surface area contributed by atoms with Gasteiger partial charge < -0.3 is 9.47 Å². The van der Waals surface area contributed by atoms with Gasteiger partial charge in [-0.05, 0) is 62.7 Å². The maximum Gasteiger partial charge on any atom is 0.416 e. The first-order valence-electron chi connectivity index (χ1n) is 9.83. The number of benzene rings is 2. The molecule has 6 heteroatoms. The molecule has 0 radical (unpaired) electrons. The van der Waals surface area contributed by atoms with Crippen molar-refractivity contribution >= 4 is 5.91 Å². The maximum atomic E-state index is 13.0. The van der Waals surface area contributed by atoms with Gasteiger partial charge in [0.2, 0.25) is 0 Å². The van der Waals surface area contributed by atoms with Gasteiger partial charge in [-0.2, -0.15) is 13.2 Å². The van der Waals surface area contributed by atoms with Crippen molar-refractivity contribution in [3.63, 3.8) is 0 Å². The predicted molar refractivity (Wildman–Crippen MR) is 111 cm³/mol. The lowest BCUT2D eigenvalue weighted by Gasteiger charge is -2.27. The minimum Gasteiger partial charge on any atom is -0.345 e. The van der Waals surface area contributed by atoms with E-state index >= 15 is 0 Å². The summed E-state index contributed by atoms with van der Waals surface area (Å²) in [4.78, 5) is 14.7. The fourth-order valence-corrected chi connectivity index (χ4v) is 3.39. The molecular formula is C24H25F3N2O. The number of aromatic nitrogens is 1. The van der Waals surface area contributed by atoms with Gasteiger partial charge in [-0.25, -0.2) is 0 Å². The lowest BCUT2D eigenvalue weighted by atomic mass is 10.1. The van der Waals surface area contributed by atoms with E-state index in [9.17, 15) is 18.0 Å². The van der Waals surface area contributed by atoms with Crippen molar-refractivity contribution in [2.45, 2.75) is 46.1 Å². The summed E-state index contributed by atoms with van der Waals surface area (Å²) in [6.07, 6.45) is -2.45. The standard InChI is InChI=1S/C24H25F3N2O/c1-17(2)29(23(30)20-9-11-21(12-10-20)24(25,26)27)16-22-8-5-13-28(22)15-19-7-4-6-18(3)14-19/h4-14,17H,15-16H2,1-3H3. The normalized spacial score (nSPS) is 11.7. The molecule has 30 heavy (non-hydrogen) atoms. The highest BCUT2D eigenvalue weighted by atomic mass is 19.4. The molecule has 158 valence electrons. The largest absolute Gasteiger partial charge is 0.416 e. The SMILES string of the molecule is Cc1cccc(Cn2cccc2CN(C(=O)c2ccc(C(F)(F)F)cc2)C(C)C)c1. The number of carbonyl (C=O) groups excluding carboxylic acids is 1. The molecule has 2 aromatic carbocycles. The Morgan fingerprint density at radius 1 is 1.03 bits per heavy atom. The van der Waals surface area contributed by atoms with Crippen molar-refractivity contribution in [2.24, 2.45) is 0 Å². The molecule has 0 spiro atoms. The van der Waals surface area contributed by atoms with Crippen LogP contribution < -0.4 is 0 Å². The Bertz CT molecular complexity index is 1000. The average Bonchev–Trinajstić information content (AvgIpc) is 3.11. The Morgan fingerprint density at radius 2 is 1.73 bits per heavy atom. The summed E-state index contributed by atoms with van der Waals surface area (Å²) in [5.41, 5.74) is 2.79. The van der Waals surface area contributed by atoms with Gasteiger partial charge in [0.05, 0.1) is 12.1 Å². The van der Waals surface area contributed by atoms with Crippen molar-refractivity contribution in [1.29, 1.82) is 0 Å². The maximum absolute atomic E-state index is 13.0. The van der Waals surface area contributed by atoms with E-state index in [0.717, 1.165) is 23.4 Å². The molecule has 3 nitrogen and oxygen atoms in total. The minimum atomic E-state index is -4.42. The van der Waals surface area contributed by atoms with Gasteiger partial charge in [0.15, 0.2) is 0 Å². The Morgan fingerprint density at radius 3 is 2.33 bits per heavy atom. The molecule has 1 amide bonds. The van der Waals surface area contributed by atoms with Gasteiger partial charge in [-0.1, -0.05) is 29.8 Å². The molecule has 0 atom stereocenters. The van der Waals surface area contributed by atoms with Crippen LogP contribution in [0.25, 0.3) is 0 Å². The molecule has 0 unspecified atom stereocenters. The van der Waals surface area contributed by atoms with E-state index in [1.54, 1.807) is 4.90 Å². The smallest absolute Gasteiger partial charge is 0.345 e. The van der Waals surface area contributed by atoms with Crippen molar-refractivity contribution in [3.8, 4) is 0 Å². The topological polar surface area (TPSA) is 25.2 Å². The fraction of sp³-hybridized carbons (Fsp3) is 0.292. The van der Waals surface area contributed by atoms with E-state index < -0.39 is 11.7 Å². The van der Waals surface area contributed by atoms with Gasteiger partial charge in [0.25, 0.3) is 5.91 Å². The first-order chi connectivity index (χ1) is 14.1. The molecule has 0 bridgehead atoms. The molecule has 0 aliphatic carbocycles. The number of hydrogen-bond acceptors (Lipinski definition) is 1. The first-order valence-corrected chi connectivity index (χ1v) is 9.83. The third-order valence-electron chi connectivity index (χ3n) is 5.03. The van der Waals surface area contributed by atoms with Crippen molar-refractivity contribution in [3.05, 3.63) is 94.8 Å². The van der Waals surface area contributed by atoms with Gasteiger partial charge in [-0.3, -0.25) is 4.79 Å². The number of carbonyl (C=O) groups is 1. The summed E-state index contributed by atoms with van der Waals surface area (Å²) in [6.45, 7) is 6.90. The van der Waals surface area contributed by atoms with Gasteiger partial charge >= 0.3 is 6.18 Å². The number of halogens is 3. The molecule has 0 N–H and O–H groups in total. The van der Waals surface area contributed by atoms with Gasteiger partial charge in [0.1, 0.15) is 0 Å². The van der Waals surface area contributed by atoms with E-state index in [2.05, 4.69) is 16.7 Å². The Hall–Kier alpha value is -3.02. The van der Waals surface area contributed by atoms with Crippen molar-refractivity contribution in [2.75, 3.05) is 0 Å². The molecule has 3 rings (SSSR count). The highest BCUT2D eigenvalue weighted by molar-refractivity contribution is 5.94.